The van der Waals surface area contributed by atoms with E-state index in [1.54, 1.807) is 0 Å². The molecule has 16 heavy (non-hydrogen) atoms. The van der Waals surface area contributed by atoms with Crippen molar-refractivity contribution in [3.8, 4) is 0 Å². The third-order valence-electron chi connectivity index (χ3n) is 1.94. The first kappa shape index (κ1) is 15.3. The normalized spacial score (nSPS) is 13.4. The summed E-state index contributed by atoms with van der Waals surface area (Å²) in [6, 6.07) is 0. The number of rotatable bonds is 8. The van der Waals surface area contributed by atoms with Crippen molar-refractivity contribution in [3.05, 3.63) is 0 Å². The molecule has 0 aliphatic heterocycles. The highest BCUT2D eigenvalue weighted by molar-refractivity contribution is 7.89. The molecule has 0 spiro atoms. The van der Waals surface area contributed by atoms with Crippen molar-refractivity contribution in [1.82, 2.24) is 4.72 Å². The highest BCUT2D eigenvalue weighted by Crippen LogP contribution is 1.96. The van der Waals surface area contributed by atoms with Crippen LogP contribution >= 0.6 is 0 Å². The lowest BCUT2D eigenvalue weighted by atomic mass is 10.2. The molecule has 0 aromatic carbocycles. The van der Waals surface area contributed by atoms with Crippen LogP contribution in [0.2, 0.25) is 0 Å². The first-order valence-electron chi connectivity index (χ1n) is 5.13. The quantitative estimate of drug-likeness (QED) is 0.576. The van der Waals surface area contributed by atoms with Gasteiger partial charge in [-0.05, 0) is 6.42 Å². The van der Waals surface area contributed by atoms with Gasteiger partial charge in [-0.3, -0.25) is 4.79 Å². The van der Waals surface area contributed by atoms with Gasteiger partial charge in [0.15, 0.2) is 0 Å². The summed E-state index contributed by atoms with van der Waals surface area (Å²) in [6.45, 7) is 1.72. The third kappa shape index (κ3) is 7.61. The fraction of sp³-hybridized carbons (Fsp3) is 0.889. The molecular weight excluding hydrogens is 234 g/mol. The number of esters is 1. The van der Waals surface area contributed by atoms with E-state index in [-0.39, 0.29) is 18.7 Å². The van der Waals surface area contributed by atoms with Crippen LogP contribution in [0.15, 0.2) is 0 Å². The number of ether oxygens (including phenoxy) is 1. The third-order valence-corrected chi connectivity index (χ3v) is 3.37. The molecule has 0 amide bonds. The van der Waals surface area contributed by atoms with Gasteiger partial charge >= 0.3 is 5.97 Å². The zero-order valence-electron chi connectivity index (χ0n) is 9.60. The Morgan fingerprint density at radius 1 is 1.50 bits per heavy atom. The number of nitrogens with one attached hydrogen (secondary N) is 1. The van der Waals surface area contributed by atoms with Crippen molar-refractivity contribution in [2.45, 2.75) is 32.3 Å². The van der Waals surface area contributed by atoms with Crippen molar-refractivity contribution in [3.63, 3.8) is 0 Å². The van der Waals surface area contributed by atoms with Crippen LogP contribution in [0, 0.1) is 0 Å². The van der Waals surface area contributed by atoms with E-state index in [1.165, 1.54) is 7.11 Å². The highest BCUT2D eigenvalue weighted by Gasteiger charge is 2.15. The molecule has 1 atom stereocenters. The van der Waals surface area contributed by atoms with Crippen LogP contribution in [0.25, 0.3) is 0 Å². The first-order chi connectivity index (χ1) is 7.41. The highest BCUT2D eigenvalue weighted by atomic mass is 32.2. The average Bonchev–Trinajstić information content (AvgIpc) is 2.24. The lowest BCUT2D eigenvalue weighted by Gasteiger charge is -2.10. The molecule has 0 aromatic heterocycles. The summed E-state index contributed by atoms with van der Waals surface area (Å²) < 4.78 is 29.2. The molecule has 0 aliphatic carbocycles. The van der Waals surface area contributed by atoms with E-state index in [0.717, 1.165) is 6.42 Å². The molecule has 0 aliphatic rings. The summed E-state index contributed by atoms with van der Waals surface area (Å²) in [5.74, 6) is -0.533. The van der Waals surface area contributed by atoms with Gasteiger partial charge in [0.2, 0.25) is 10.0 Å². The lowest BCUT2D eigenvalue weighted by molar-refractivity contribution is -0.142. The van der Waals surface area contributed by atoms with E-state index in [2.05, 4.69) is 9.46 Å². The fourth-order valence-corrected chi connectivity index (χ4v) is 2.24. The predicted molar refractivity (Wildman–Crippen MR) is 59.3 cm³/mol. The predicted octanol–water partition coefficient (Wildman–Crippen LogP) is -0.370. The molecule has 96 valence electrons. The largest absolute Gasteiger partial charge is 0.469 e. The van der Waals surface area contributed by atoms with E-state index < -0.39 is 22.1 Å². The van der Waals surface area contributed by atoms with Crippen LogP contribution in [-0.4, -0.2) is 45.0 Å². The van der Waals surface area contributed by atoms with Gasteiger partial charge < -0.3 is 9.84 Å². The van der Waals surface area contributed by atoms with E-state index in [1.807, 2.05) is 6.92 Å². The number of unbranched alkanes of at least 4 members (excludes halogenated alkanes) is 1. The van der Waals surface area contributed by atoms with Crippen LogP contribution < -0.4 is 4.72 Å². The van der Waals surface area contributed by atoms with E-state index in [4.69, 9.17) is 0 Å². The minimum Gasteiger partial charge on any atom is -0.469 e. The molecule has 0 aromatic rings. The maximum atomic E-state index is 11.3. The Kier molecular flexibility index (Phi) is 7.27. The second-order valence-electron chi connectivity index (χ2n) is 3.45. The standard InChI is InChI=1S/C9H19NO5S/c1-3-4-5-16(13,14)10-7-8(11)6-9(12)15-2/h8,10-11H,3-7H2,1-2H3/t8-/m0/s1. The minimum atomic E-state index is -3.34. The van der Waals surface area contributed by atoms with Crippen molar-refractivity contribution < 1.29 is 23.1 Å². The molecule has 0 heterocycles. The topological polar surface area (TPSA) is 92.7 Å². The smallest absolute Gasteiger partial charge is 0.308 e. The number of aliphatic hydroxyl groups excluding tert-OH is 1. The molecule has 0 saturated heterocycles. The number of hydrogen-bond donors (Lipinski definition) is 2. The number of carbonyl (C=O) groups is 1. The lowest BCUT2D eigenvalue weighted by Crippen LogP contribution is -2.34. The Labute approximate surface area is 96.0 Å². The molecule has 7 heteroatoms. The van der Waals surface area contributed by atoms with Crippen LogP contribution in [0.3, 0.4) is 0 Å². The molecule has 0 unspecified atom stereocenters. The summed E-state index contributed by atoms with van der Waals surface area (Å²) in [4.78, 5) is 10.8. The van der Waals surface area contributed by atoms with Crippen LogP contribution in [-0.2, 0) is 19.6 Å². The van der Waals surface area contributed by atoms with Gasteiger partial charge in [0, 0.05) is 6.54 Å². The fourth-order valence-electron chi connectivity index (χ4n) is 0.978. The van der Waals surface area contributed by atoms with Crippen LogP contribution in [0.5, 0.6) is 0 Å². The van der Waals surface area contributed by atoms with Gasteiger partial charge in [0.1, 0.15) is 0 Å². The first-order valence-corrected chi connectivity index (χ1v) is 6.78. The molecule has 0 saturated carbocycles. The van der Waals surface area contributed by atoms with Gasteiger partial charge in [-0.15, -0.1) is 0 Å². The number of hydrogen-bond acceptors (Lipinski definition) is 5. The Balaban J connectivity index is 3.90. The maximum absolute atomic E-state index is 11.3. The van der Waals surface area contributed by atoms with Crippen LogP contribution in [0.1, 0.15) is 26.2 Å². The number of sulfonamides is 1. The summed E-state index contributed by atoms with van der Waals surface area (Å²) in [7, 11) is -2.13. The van der Waals surface area contributed by atoms with Gasteiger partial charge in [-0.1, -0.05) is 13.3 Å². The second kappa shape index (κ2) is 7.59. The maximum Gasteiger partial charge on any atom is 0.308 e. The molecular formula is C9H19NO5S. The van der Waals surface area contributed by atoms with Crippen molar-refractivity contribution in [2.75, 3.05) is 19.4 Å². The molecule has 0 radical (unpaired) electrons. The second-order valence-corrected chi connectivity index (χ2v) is 5.38. The van der Waals surface area contributed by atoms with Gasteiger partial charge in [-0.25, -0.2) is 13.1 Å². The summed E-state index contributed by atoms with van der Waals surface area (Å²) in [5.41, 5.74) is 0. The molecule has 2 N–H and O–H groups in total. The Hall–Kier alpha value is -0.660. The van der Waals surface area contributed by atoms with Crippen molar-refractivity contribution >= 4 is 16.0 Å². The summed E-state index contributed by atoms with van der Waals surface area (Å²) >= 11 is 0. The van der Waals surface area contributed by atoms with Gasteiger partial charge in [0.25, 0.3) is 0 Å². The summed E-state index contributed by atoms with van der Waals surface area (Å²) in [6.07, 6.45) is 0.0877. The van der Waals surface area contributed by atoms with Gasteiger partial charge in [-0.2, -0.15) is 0 Å². The van der Waals surface area contributed by atoms with E-state index >= 15 is 0 Å². The Bertz CT molecular complexity index is 301. The van der Waals surface area contributed by atoms with Gasteiger partial charge in [0.05, 0.1) is 25.4 Å². The molecule has 0 rings (SSSR count). The minimum absolute atomic E-state index is 0.0362. The molecule has 0 fully saturated rings. The zero-order chi connectivity index (χ0) is 12.6. The SMILES string of the molecule is CCCCS(=O)(=O)NC[C@@H](O)CC(=O)OC. The van der Waals surface area contributed by atoms with Crippen molar-refractivity contribution in [2.24, 2.45) is 0 Å². The number of carbonyl (C=O) groups excluding carboxylic acids is 1. The summed E-state index contributed by atoms with van der Waals surface area (Å²) in [5, 5.41) is 9.31. The van der Waals surface area contributed by atoms with Crippen molar-refractivity contribution in [1.29, 1.82) is 0 Å². The Morgan fingerprint density at radius 2 is 2.12 bits per heavy atom. The Morgan fingerprint density at radius 3 is 2.62 bits per heavy atom. The molecule has 6 nitrogen and oxygen atoms in total. The molecule has 0 bridgehead atoms. The number of methoxy groups -OCH3 is 1. The monoisotopic (exact) mass is 253 g/mol. The average molecular weight is 253 g/mol. The van der Waals surface area contributed by atoms with E-state index in [0.29, 0.717) is 6.42 Å². The van der Waals surface area contributed by atoms with E-state index in [9.17, 15) is 18.3 Å². The zero-order valence-corrected chi connectivity index (χ0v) is 10.4. The van der Waals surface area contributed by atoms with Crippen LogP contribution in [0.4, 0.5) is 0 Å². The number of aliphatic hydroxyl groups is 1.